The summed E-state index contributed by atoms with van der Waals surface area (Å²) in [5.41, 5.74) is 0.237. The molecule has 1 aliphatic rings. The van der Waals surface area contributed by atoms with Gasteiger partial charge in [0.25, 0.3) is 5.91 Å². The van der Waals surface area contributed by atoms with E-state index >= 15 is 0 Å². The highest BCUT2D eigenvalue weighted by Gasteiger charge is 2.42. The predicted molar refractivity (Wildman–Crippen MR) is 91.3 cm³/mol. The van der Waals surface area contributed by atoms with Crippen LogP contribution in [0.1, 0.15) is 26.3 Å². The zero-order valence-corrected chi connectivity index (χ0v) is 14.7. The number of rotatable bonds is 4. The van der Waals surface area contributed by atoms with E-state index in [1.54, 1.807) is 26.8 Å². The molecule has 0 radical (unpaired) electrons. The van der Waals surface area contributed by atoms with Crippen molar-refractivity contribution in [1.29, 1.82) is 0 Å². The monoisotopic (exact) mass is 346 g/mol. The lowest BCUT2D eigenvalue weighted by Gasteiger charge is -2.39. The summed E-state index contributed by atoms with van der Waals surface area (Å²) in [7, 11) is 1.25. The molecular weight excluding hydrogens is 324 g/mol. The van der Waals surface area contributed by atoms with Gasteiger partial charge in [-0.05, 0) is 32.4 Å². The first-order chi connectivity index (χ1) is 11.7. The van der Waals surface area contributed by atoms with E-state index in [9.17, 15) is 14.4 Å². The van der Waals surface area contributed by atoms with E-state index in [-0.39, 0.29) is 12.2 Å². The molecule has 134 valence electrons. The second kappa shape index (κ2) is 7.38. The van der Waals surface area contributed by atoms with Gasteiger partial charge >= 0.3 is 12.1 Å². The smallest absolute Gasteiger partial charge is 0.408 e. The Hall–Kier alpha value is -2.83. The molecule has 0 aliphatic carbocycles. The number of carbonyl (C=O) groups is 3. The van der Waals surface area contributed by atoms with Gasteiger partial charge < -0.3 is 19.7 Å². The van der Waals surface area contributed by atoms with Crippen LogP contribution in [0.5, 0.6) is 0 Å². The third-order valence-corrected chi connectivity index (χ3v) is 3.41. The Labute approximate surface area is 146 Å². The molecule has 25 heavy (non-hydrogen) atoms. The van der Waals surface area contributed by atoms with Crippen LogP contribution in [0.2, 0.25) is 0 Å². The number of β-lactam (4-membered cyclic amide) rings is 1. The van der Waals surface area contributed by atoms with Crippen molar-refractivity contribution in [1.82, 2.24) is 10.2 Å². The van der Waals surface area contributed by atoms with Crippen molar-refractivity contribution in [3.8, 4) is 0 Å². The van der Waals surface area contributed by atoms with Gasteiger partial charge in [-0.15, -0.1) is 0 Å². The molecular formula is C18H22N2O5. The standard InChI is InChI=1S/C18H22N2O5/c1-18(2,3)25-17(23)19-13-11-20(15(13)21)14(16(22)24-4)10-12-8-6-5-7-9-12/h5-10,13H,11H2,1-4H3,(H,19,23)/b14-10-/t13-/m0/s1. The SMILES string of the molecule is COC(=O)/C(=C/c1ccccc1)N1C[C@H](NC(=O)OC(C)(C)C)C1=O. The number of methoxy groups -OCH3 is 1. The first-order valence-corrected chi connectivity index (χ1v) is 7.87. The van der Waals surface area contributed by atoms with E-state index in [4.69, 9.17) is 9.47 Å². The minimum atomic E-state index is -0.723. The molecule has 0 aromatic heterocycles. The second-order valence-electron chi connectivity index (χ2n) is 6.58. The van der Waals surface area contributed by atoms with E-state index < -0.39 is 29.6 Å². The summed E-state index contributed by atoms with van der Waals surface area (Å²) in [6, 6.07) is 8.40. The number of carbonyl (C=O) groups excluding carboxylic acids is 3. The lowest BCUT2D eigenvalue weighted by molar-refractivity contribution is -0.148. The molecule has 1 heterocycles. The largest absolute Gasteiger partial charge is 0.464 e. The average molecular weight is 346 g/mol. The molecule has 1 N–H and O–H groups in total. The van der Waals surface area contributed by atoms with Crippen molar-refractivity contribution in [3.63, 3.8) is 0 Å². The molecule has 1 aliphatic heterocycles. The van der Waals surface area contributed by atoms with Gasteiger partial charge in [0.1, 0.15) is 17.3 Å². The number of ether oxygens (including phenoxy) is 2. The Balaban J connectivity index is 2.07. The number of hydrogen-bond acceptors (Lipinski definition) is 5. The number of benzene rings is 1. The van der Waals surface area contributed by atoms with Crippen molar-refractivity contribution >= 4 is 24.0 Å². The Bertz CT molecular complexity index is 691. The fraction of sp³-hybridized carbons (Fsp3) is 0.389. The minimum absolute atomic E-state index is 0.126. The molecule has 0 spiro atoms. The molecule has 1 aromatic rings. The van der Waals surface area contributed by atoms with E-state index in [2.05, 4.69) is 5.32 Å². The predicted octanol–water partition coefficient (Wildman–Crippen LogP) is 1.94. The quantitative estimate of drug-likeness (QED) is 0.512. The van der Waals surface area contributed by atoms with Gasteiger partial charge in [0, 0.05) is 0 Å². The fourth-order valence-electron chi connectivity index (χ4n) is 2.26. The van der Waals surface area contributed by atoms with Crippen molar-refractivity contribution in [2.24, 2.45) is 0 Å². The maximum atomic E-state index is 12.3. The minimum Gasteiger partial charge on any atom is -0.464 e. The summed E-state index contributed by atoms with van der Waals surface area (Å²) in [6.45, 7) is 5.38. The second-order valence-corrected chi connectivity index (χ2v) is 6.58. The summed E-state index contributed by atoms with van der Waals surface area (Å²) in [5, 5.41) is 2.50. The number of nitrogens with one attached hydrogen (secondary N) is 1. The van der Waals surface area contributed by atoms with E-state index in [0.29, 0.717) is 0 Å². The highest BCUT2D eigenvalue weighted by atomic mass is 16.6. The van der Waals surface area contributed by atoms with Gasteiger partial charge in [-0.2, -0.15) is 0 Å². The maximum Gasteiger partial charge on any atom is 0.408 e. The van der Waals surface area contributed by atoms with Crippen molar-refractivity contribution in [2.45, 2.75) is 32.4 Å². The number of nitrogens with zero attached hydrogens (tertiary/aromatic N) is 1. The Morgan fingerprint density at radius 1 is 1.24 bits per heavy atom. The molecule has 0 bridgehead atoms. The van der Waals surface area contributed by atoms with Gasteiger partial charge in [-0.25, -0.2) is 9.59 Å². The molecule has 7 nitrogen and oxygen atoms in total. The fourth-order valence-corrected chi connectivity index (χ4v) is 2.26. The van der Waals surface area contributed by atoms with Crippen LogP contribution in [0, 0.1) is 0 Å². The third-order valence-electron chi connectivity index (χ3n) is 3.41. The molecule has 1 saturated heterocycles. The topological polar surface area (TPSA) is 84.9 Å². The number of esters is 1. The average Bonchev–Trinajstić information content (AvgIpc) is 2.55. The number of likely N-dealkylation sites (tertiary alicyclic amines) is 1. The summed E-state index contributed by atoms with van der Waals surface area (Å²) in [6.07, 6.45) is 0.908. The highest BCUT2D eigenvalue weighted by Crippen LogP contribution is 2.21. The van der Waals surface area contributed by atoms with Crippen LogP contribution in [-0.2, 0) is 19.1 Å². The first kappa shape index (κ1) is 18.5. The van der Waals surface area contributed by atoms with Crippen molar-refractivity contribution in [3.05, 3.63) is 41.6 Å². The molecule has 2 amide bonds. The summed E-state index contributed by atoms with van der Waals surface area (Å²) in [4.78, 5) is 37.4. The maximum absolute atomic E-state index is 12.3. The van der Waals surface area contributed by atoms with E-state index in [0.717, 1.165) is 5.56 Å². The summed E-state index contributed by atoms with van der Waals surface area (Å²) < 4.78 is 9.88. The molecule has 0 saturated carbocycles. The normalized spacial score (nSPS) is 17.6. The number of hydrogen-bond donors (Lipinski definition) is 1. The van der Waals surface area contributed by atoms with Crippen LogP contribution in [0.25, 0.3) is 6.08 Å². The Kier molecular flexibility index (Phi) is 5.46. The molecule has 1 atom stereocenters. The van der Waals surface area contributed by atoms with Crippen LogP contribution < -0.4 is 5.32 Å². The zero-order valence-electron chi connectivity index (χ0n) is 14.7. The van der Waals surface area contributed by atoms with Crippen LogP contribution in [0.15, 0.2) is 36.0 Å². The molecule has 7 heteroatoms. The molecule has 0 unspecified atom stereocenters. The third kappa shape index (κ3) is 4.82. The van der Waals surface area contributed by atoms with Crippen LogP contribution in [0.4, 0.5) is 4.79 Å². The number of amides is 2. The lowest BCUT2D eigenvalue weighted by Crippen LogP contribution is -2.64. The van der Waals surface area contributed by atoms with Gasteiger partial charge in [0.2, 0.25) is 0 Å². The molecule has 1 fully saturated rings. The van der Waals surface area contributed by atoms with E-state index in [1.807, 2.05) is 30.3 Å². The van der Waals surface area contributed by atoms with E-state index in [1.165, 1.54) is 12.0 Å². The molecule has 2 rings (SSSR count). The van der Waals surface area contributed by atoms with Crippen LogP contribution in [0.3, 0.4) is 0 Å². The first-order valence-electron chi connectivity index (χ1n) is 7.87. The summed E-state index contributed by atoms with van der Waals surface area (Å²) >= 11 is 0. The summed E-state index contributed by atoms with van der Waals surface area (Å²) in [5.74, 6) is -1.01. The molecule has 1 aromatic carbocycles. The number of alkyl carbamates (subject to hydrolysis) is 1. The lowest BCUT2D eigenvalue weighted by atomic mass is 10.1. The van der Waals surface area contributed by atoms with Crippen LogP contribution in [-0.4, -0.2) is 48.2 Å². The zero-order chi connectivity index (χ0) is 18.6. The van der Waals surface area contributed by atoms with Crippen molar-refractivity contribution < 1.29 is 23.9 Å². The highest BCUT2D eigenvalue weighted by molar-refractivity contribution is 6.02. The Morgan fingerprint density at radius 2 is 1.88 bits per heavy atom. The Morgan fingerprint density at radius 3 is 2.40 bits per heavy atom. The van der Waals surface area contributed by atoms with Gasteiger partial charge in [0.15, 0.2) is 0 Å². The van der Waals surface area contributed by atoms with Gasteiger partial charge in [-0.1, -0.05) is 30.3 Å². The van der Waals surface area contributed by atoms with Gasteiger partial charge in [-0.3, -0.25) is 4.79 Å². The van der Waals surface area contributed by atoms with Gasteiger partial charge in [0.05, 0.1) is 13.7 Å². The van der Waals surface area contributed by atoms with Crippen LogP contribution >= 0.6 is 0 Å². The van der Waals surface area contributed by atoms with Crippen molar-refractivity contribution in [2.75, 3.05) is 13.7 Å².